The lowest BCUT2D eigenvalue weighted by Crippen LogP contribution is -1.98. The highest BCUT2D eigenvalue weighted by atomic mass is 35.5. The van der Waals surface area contributed by atoms with E-state index in [0.29, 0.717) is 12.2 Å². The normalized spacial score (nSPS) is 13.4. The second-order valence-electron chi connectivity index (χ2n) is 1.86. The van der Waals surface area contributed by atoms with Crippen molar-refractivity contribution in [1.82, 2.24) is 10.1 Å². The number of aromatic amines is 1. The Kier molecular flexibility index (Phi) is 2.11. The van der Waals surface area contributed by atoms with Gasteiger partial charge in [-0.05, 0) is 6.42 Å². The van der Waals surface area contributed by atoms with Gasteiger partial charge < -0.3 is 0 Å². The van der Waals surface area contributed by atoms with Crippen LogP contribution in [0.15, 0.2) is 9.32 Å². The number of aromatic nitrogens is 2. The van der Waals surface area contributed by atoms with E-state index in [1.807, 2.05) is 6.92 Å². The van der Waals surface area contributed by atoms with E-state index in [0.717, 1.165) is 0 Å². The molecule has 0 aliphatic carbocycles. The van der Waals surface area contributed by atoms with Crippen molar-refractivity contribution in [2.24, 2.45) is 0 Å². The maximum Gasteiger partial charge on any atom is 0.438 e. The fraction of sp³-hybridized carbons (Fsp3) is 0.600. The lowest BCUT2D eigenvalue weighted by Gasteiger charge is -1.96. The first kappa shape index (κ1) is 7.34. The van der Waals surface area contributed by atoms with Crippen molar-refractivity contribution >= 4 is 11.6 Å². The van der Waals surface area contributed by atoms with Gasteiger partial charge in [0, 0.05) is 0 Å². The number of nitrogens with one attached hydrogen (secondary N) is 1. The third-order valence-corrected chi connectivity index (χ3v) is 1.63. The third-order valence-electron chi connectivity index (χ3n) is 1.11. The Hall–Kier alpha value is -0.770. The third kappa shape index (κ3) is 1.39. The molecule has 0 saturated heterocycles. The molecule has 0 radical (unpaired) electrons. The fourth-order valence-electron chi connectivity index (χ4n) is 0.570. The number of hydrogen-bond acceptors (Lipinski definition) is 3. The monoisotopic (exact) mass is 162 g/mol. The van der Waals surface area contributed by atoms with Gasteiger partial charge in [0.25, 0.3) is 0 Å². The molecular weight excluding hydrogens is 156 g/mol. The summed E-state index contributed by atoms with van der Waals surface area (Å²) >= 11 is 5.71. The van der Waals surface area contributed by atoms with Crippen LogP contribution >= 0.6 is 11.6 Å². The van der Waals surface area contributed by atoms with Crippen LogP contribution in [0.5, 0.6) is 0 Å². The van der Waals surface area contributed by atoms with E-state index in [1.54, 1.807) is 0 Å². The molecule has 0 aliphatic rings. The molecule has 0 fully saturated rings. The van der Waals surface area contributed by atoms with E-state index in [2.05, 4.69) is 14.7 Å². The van der Waals surface area contributed by atoms with Crippen LogP contribution in [0.2, 0.25) is 0 Å². The van der Waals surface area contributed by atoms with E-state index < -0.39 is 5.76 Å². The van der Waals surface area contributed by atoms with Crippen LogP contribution < -0.4 is 5.76 Å². The van der Waals surface area contributed by atoms with Crippen molar-refractivity contribution in [3.8, 4) is 0 Å². The molecule has 0 aliphatic heterocycles. The average molecular weight is 163 g/mol. The molecule has 4 nitrogen and oxygen atoms in total. The van der Waals surface area contributed by atoms with Gasteiger partial charge in [0.1, 0.15) is 0 Å². The molecule has 5 heteroatoms. The minimum absolute atomic E-state index is 0.258. The zero-order chi connectivity index (χ0) is 7.56. The van der Waals surface area contributed by atoms with Crippen LogP contribution in [0.1, 0.15) is 24.5 Å². The van der Waals surface area contributed by atoms with Crippen LogP contribution in [-0.2, 0) is 0 Å². The number of halogens is 1. The van der Waals surface area contributed by atoms with Gasteiger partial charge in [0.15, 0.2) is 5.82 Å². The molecule has 1 rings (SSSR count). The molecule has 1 unspecified atom stereocenters. The number of H-pyrrole nitrogens is 1. The molecule has 0 saturated carbocycles. The molecule has 0 amide bonds. The summed E-state index contributed by atoms with van der Waals surface area (Å²) in [6.07, 6.45) is 0.712. The number of nitrogens with zero attached hydrogens (tertiary/aromatic N) is 1. The van der Waals surface area contributed by atoms with Crippen molar-refractivity contribution < 1.29 is 4.52 Å². The van der Waals surface area contributed by atoms with E-state index in [4.69, 9.17) is 11.6 Å². The molecule has 56 valence electrons. The smallest absolute Gasteiger partial charge is 0.296 e. The molecule has 1 aromatic rings. The van der Waals surface area contributed by atoms with Crippen LogP contribution in [0.4, 0.5) is 0 Å². The fourth-order valence-corrected chi connectivity index (χ4v) is 0.664. The molecule has 0 bridgehead atoms. The summed E-state index contributed by atoms with van der Waals surface area (Å²) in [6.45, 7) is 1.89. The highest BCUT2D eigenvalue weighted by Crippen LogP contribution is 2.17. The number of hydrogen-bond donors (Lipinski definition) is 1. The van der Waals surface area contributed by atoms with Crippen LogP contribution in [0.3, 0.4) is 0 Å². The Morgan fingerprint density at radius 1 is 1.90 bits per heavy atom. The number of rotatable bonds is 2. The summed E-state index contributed by atoms with van der Waals surface area (Å²) in [6, 6.07) is 0. The second-order valence-corrected chi connectivity index (χ2v) is 2.38. The predicted octanol–water partition coefficient (Wildman–Crippen LogP) is 1.05. The predicted molar refractivity (Wildman–Crippen MR) is 36.0 cm³/mol. The number of alkyl halides is 1. The minimum Gasteiger partial charge on any atom is -0.296 e. The summed E-state index contributed by atoms with van der Waals surface area (Å²) in [5.41, 5.74) is 0. The van der Waals surface area contributed by atoms with Crippen LogP contribution in [-0.4, -0.2) is 10.1 Å². The first-order valence-electron chi connectivity index (χ1n) is 2.94. The standard InChI is InChI=1S/C5H7ClN2O2/c1-2-3(6)4-7-5(9)10-8-4/h3H,2H2,1H3,(H,7,8,9). The van der Waals surface area contributed by atoms with Gasteiger partial charge in [-0.1, -0.05) is 12.1 Å². The summed E-state index contributed by atoms with van der Waals surface area (Å²) in [4.78, 5) is 12.7. The minimum atomic E-state index is -0.561. The zero-order valence-corrected chi connectivity index (χ0v) is 6.18. The quantitative estimate of drug-likeness (QED) is 0.662. The van der Waals surface area contributed by atoms with E-state index >= 15 is 0 Å². The van der Waals surface area contributed by atoms with Gasteiger partial charge in [-0.2, -0.15) is 0 Å². The van der Waals surface area contributed by atoms with Crippen molar-refractivity contribution in [2.45, 2.75) is 18.7 Å². The highest BCUT2D eigenvalue weighted by Gasteiger charge is 2.09. The van der Waals surface area contributed by atoms with Gasteiger partial charge in [0.05, 0.1) is 5.38 Å². The van der Waals surface area contributed by atoms with E-state index in [-0.39, 0.29) is 5.38 Å². The van der Waals surface area contributed by atoms with E-state index in [1.165, 1.54) is 0 Å². The Morgan fingerprint density at radius 3 is 3.00 bits per heavy atom. The molecule has 1 N–H and O–H groups in total. The second kappa shape index (κ2) is 2.88. The lowest BCUT2D eigenvalue weighted by molar-refractivity contribution is 0.380. The van der Waals surface area contributed by atoms with Crippen LogP contribution in [0, 0.1) is 0 Å². The zero-order valence-electron chi connectivity index (χ0n) is 5.43. The first-order chi connectivity index (χ1) is 4.74. The topological polar surface area (TPSA) is 58.9 Å². The maximum atomic E-state index is 10.4. The maximum absolute atomic E-state index is 10.4. The summed E-state index contributed by atoms with van der Waals surface area (Å²) in [7, 11) is 0. The van der Waals surface area contributed by atoms with Gasteiger partial charge in [-0.15, -0.1) is 11.6 Å². The SMILES string of the molecule is CCC(Cl)c1noc(=O)[nH]1. The van der Waals surface area contributed by atoms with Crippen molar-refractivity contribution in [2.75, 3.05) is 0 Å². The highest BCUT2D eigenvalue weighted by molar-refractivity contribution is 6.20. The molecule has 1 aromatic heterocycles. The van der Waals surface area contributed by atoms with Crippen molar-refractivity contribution in [3.05, 3.63) is 16.4 Å². The summed E-state index contributed by atoms with van der Waals surface area (Å²) in [5.74, 6) is -0.164. The van der Waals surface area contributed by atoms with Gasteiger partial charge in [-0.25, -0.2) is 4.79 Å². The van der Waals surface area contributed by atoms with Gasteiger partial charge in [0.2, 0.25) is 0 Å². The molecule has 0 aromatic carbocycles. The summed E-state index contributed by atoms with van der Waals surface area (Å²) in [5, 5.41) is 3.15. The van der Waals surface area contributed by atoms with Gasteiger partial charge in [-0.3, -0.25) is 9.51 Å². The largest absolute Gasteiger partial charge is 0.438 e. The van der Waals surface area contributed by atoms with Crippen LogP contribution in [0.25, 0.3) is 0 Å². The Bertz CT molecular complexity index is 254. The molecule has 1 heterocycles. The lowest BCUT2D eigenvalue weighted by atomic mass is 10.3. The average Bonchev–Trinajstić information content (AvgIpc) is 2.34. The molecule has 1 atom stereocenters. The Balaban J connectivity index is 2.84. The van der Waals surface area contributed by atoms with Crippen molar-refractivity contribution in [1.29, 1.82) is 0 Å². The Labute approximate surface area is 62.2 Å². The first-order valence-corrected chi connectivity index (χ1v) is 3.37. The van der Waals surface area contributed by atoms with Gasteiger partial charge >= 0.3 is 5.76 Å². The molecule has 0 spiro atoms. The summed E-state index contributed by atoms with van der Waals surface area (Å²) < 4.78 is 4.24. The Morgan fingerprint density at radius 2 is 2.60 bits per heavy atom. The molecule has 10 heavy (non-hydrogen) atoms. The van der Waals surface area contributed by atoms with Crippen molar-refractivity contribution in [3.63, 3.8) is 0 Å². The van der Waals surface area contributed by atoms with E-state index in [9.17, 15) is 4.79 Å². The molecular formula is C5H7ClN2O2.